The van der Waals surface area contributed by atoms with Crippen molar-refractivity contribution in [2.75, 3.05) is 0 Å². The molecule has 8 aromatic rings. The van der Waals surface area contributed by atoms with Crippen LogP contribution in [-0.2, 0) is 0 Å². The van der Waals surface area contributed by atoms with Crippen molar-refractivity contribution < 1.29 is 25.5 Å². The summed E-state index contributed by atoms with van der Waals surface area (Å²) in [5.74, 6) is -4.30. The van der Waals surface area contributed by atoms with Crippen LogP contribution in [0.5, 0.6) is 28.7 Å². The van der Waals surface area contributed by atoms with Crippen LogP contribution in [0.4, 0.5) is 0 Å². The number of phenols is 5. The molecule has 2 aliphatic carbocycles. The predicted molar refractivity (Wildman–Crippen MR) is 212 cm³/mol. The summed E-state index contributed by atoms with van der Waals surface area (Å²) in [6, 6.07) is 44.9. The van der Waals surface area contributed by atoms with Crippen LogP contribution in [0.15, 0.2) is 151 Å². The maximum Gasteiger partial charge on any atom is 0.208 e. The molecule has 254 valence electrons. The van der Waals surface area contributed by atoms with Gasteiger partial charge in [-0.05, 0) is 88.1 Å². The van der Waals surface area contributed by atoms with Crippen molar-refractivity contribution in [1.82, 2.24) is 0 Å². The SMILES string of the molecule is Oc1c(O)c(O)c(C2=c3ccccc3=C(c3ccc(-c4ccc(-c5ccc6ccc7cccc8ccc5c6c78)cc4)cc3)C3CC=CC=C23)c(O)c1O. The van der Waals surface area contributed by atoms with E-state index < -0.39 is 28.7 Å². The molecule has 0 aromatic heterocycles. The van der Waals surface area contributed by atoms with Crippen molar-refractivity contribution in [3.8, 4) is 51.0 Å². The Kier molecular flexibility index (Phi) is 6.70. The first kappa shape index (κ1) is 30.8. The number of fused-ring (bicyclic) bond motifs is 2. The fourth-order valence-electron chi connectivity index (χ4n) is 8.67. The van der Waals surface area contributed by atoms with Crippen LogP contribution in [0, 0.1) is 5.92 Å². The first-order chi connectivity index (χ1) is 25.9. The van der Waals surface area contributed by atoms with Gasteiger partial charge in [-0.1, -0.05) is 146 Å². The molecular weight excluding hydrogens is 657 g/mol. The number of hydrogen-bond acceptors (Lipinski definition) is 5. The molecule has 0 saturated heterocycles. The van der Waals surface area contributed by atoms with Gasteiger partial charge in [0.25, 0.3) is 0 Å². The normalized spacial score (nSPS) is 15.2. The van der Waals surface area contributed by atoms with E-state index >= 15 is 0 Å². The van der Waals surface area contributed by atoms with Crippen molar-refractivity contribution in [3.63, 3.8) is 0 Å². The third-order valence-electron chi connectivity index (χ3n) is 11.2. The first-order valence-electron chi connectivity index (χ1n) is 17.7. The molecule has 0 heterocycles. The Bertz CT molecular complexity index is 2960. The highest BCUT2D eigenvalue weighted by atomic mass is 16.4. The lowest BCUT2D eigenvalue weighted by atomic mass is 9.72. The lowest BCUT2D eigenvalue weighted by Gasteiger charge is -2.31. The van der Waals surface area contributed by atoms with E-state index in [1.165, 1.54) is 43.4 Å². The summed E-state index contributed by atoms with van der Waals surface area (Å²) in [6.45, 7) is 0. The fourth-order valence-corrected chi connectivity index (χ4v) is 8.67. The van der Waals surface area contributed by atoms with Crippen LogP contribution in [0.1, 0.15) is 17.5 Å². The summed E-state index contributed by atoms with van der Waals surface area (Å²) < 4.78 is 0. The molecule has 8 aromatic carbocycles. The monoisotopic (exact) mass is 688 g/mol. The van der Waals surface area contributed by atoms with Gasteiger partial charge >= 0.3 is 0 Å². The summed E-state index contributed by atoms with van der Waals surface area (Å²) in [4.78, 5) is 0. The van der Waals surface area contributed by atoms with Crippen LogP contribution in [0.3, 0.4) is 0 Å². The molecular formula is C48H32O5. The Morgan fingerprint density at radius 3 is 1.68 bits per heavy atom. The standard InChI is InChI=1S/C48H32O5/c49-44-43(45(50)47(52)48(53)46(44)51)42-36-10-3-1-8-34(36)40(35-9-2-4-11-37(35)42)31-18-14-27(15-19-31)26-12-16-28(17-13-26)33-24-22-32-21-20-29-6-5-7-30-23-25-38(33)41(32)39(29)30/h1-8,10-25,35,49-53H,9H2. The van der Waals surface area contributed by atoms with Crippen molar-refractivity contribution in [1.29, 1.82) is 0 Å². The minimum atomic E-state index is -0.975. The van der Waals surface area contributed by atoms with Crippen LogP contribution in [-0.4, -0.2) is 25.5 Å². The molecule has 1 unspecified atom stereocenters. The van der Waals surface area contributed by atoms with Crippen LogP contribution in [0.2, 0.25) is 0 Å². The van der Waals surface area contributed by atoms with E-state index in [0.717, 1.165) is 38.3 Å². The largest absolute Gasteiger partial charge is 0.504 e. The Morgan fingerprint density at radius 1 is 0.453 bits per heavy atom. The molecule has 0 fully saturated rings. The van der Waals surface area contributed by atoms with Gasteiger partial charge in [0.15, 0.2) is 11.5 Å². The van der Waals surface area contributed by atoms with E-state index in [0.29, 0.717) is 12.0 Å². The average Bonchev–Trinajstić information content (AvgIpc) is 3.21. The Balaban J connectivity index is 1.07. The average molecular weight is 689 g/mol. The highest BCUT2D eigenvalue weighted by Crippen LogP contribution is 2.55. The van der Waals surface area contributed by atoms with E-state index in [-0.39, 0.29) is 11.5 Å². The maximum absolute atomic E-state index is 11.0. The molecule has 5 nitrogen and oxygen atoms in total. The minimum Gasteiger partial charge on any atom is -0.504 e. The van der Waals surface area contributed by atoms with Gasteiger partial charge in [-0.3, -0.25) is 0 Å². The third-order valence-corrected chi connectivity index (χ3v) is 11.2. The lowest BCUT2D eigenvalue weighted by Crippen LogP contribution is -2.37. The van der Waals surface area contributed by atoms with E-state index in [9.17, 15) is 25.5 Å². The third kappa shape index (κ3) is 4.50. The molecule has 10 rings (SSSR count). The smallest absolute Gasteiger partial charge is 0.208 e. The first-order valence-corrected chi connectivity index (χ1v) is 17.7. The highest BCUT2D eigenvalue weighted by molar-refractivity contribution is 6.25. The van der Waals surface area contributed by atoms with E-state index in [2.05, 4.69) is 109 Å². The number of hydrogen-bond donors (Lipinski definition) is 5. The van der Waals surface area contributed by atoms with Crippen LogP contribution in [0.25, 0.3) is 65.7 Å². The van der Waals surface area contributed by atoms with Gasteiger partial charge in [-0.15, -0.1) is 0 Å². The zero-order valence-electron chi connectivity index (χ0n) is 28.4. The number of phenolic OH excluding ortho intramolecular Hbond substituents is 5. The van der Waals surface area contributed by atoms with E-state index in [1.807, 2.05) is 36.4 Å². The maximum atomic E-state index is 11.0. The second kappa shape index (κ2) is 11.5. The Morgan fingerprint density at radius 2 is 1.00 bits per heavy atom. The zero-order chi connectivity index (χ0) is 36.0. The zero-order valence-corrected chi connectivity index (χ0v) is 28.4. The van der Waals surface area contributed by atoms with Gasteiger partial charge in [0.1, 0.15) is 0 Å². The topological polar surface area (TPSA) is 101 Å². The van der Waals surface area contributed by atoms with Crippen molar-refractivity contribution >= 4 is 43.5 Å². The Labute approximate surface area is 304 Å². The molecule has 1 atom stereocenters. The van der Waals surface area contributed by atoms with Gasteiger partial charge in [0.2, 0.25) is 17.2 Å². The van der Waals surface area contributed by atoms with Gasteiger partial charge in [-0.25, -0.2) is 0 Å². The molecule has 0 spiro atoms. The molecule has 0 saturated carbocycles. The summed E-state index contributed by atoms with van der Waals surface area (Å²) >= 11 is 0. The molecule has 53 heavy (non-hydrogen) atoms. The lowest BCUT2D eigenvalue weighted by molar-refractivity contribution is 0.327. The molecule has 5 heteroatoms. The van der Waals surface area contributed by atoms with Gasteiger partial charge in [-0.2, -0.15) is 0 Å². The van der Waals surface area contributed by atoms with Crippen LogP contribution < -0.4 is 10.4 Å². The molecule has 0 radical (unpaired) electrons. The van der Waals surface area contributed by atoms with E-state index in [1.54, 1.807) is 0 Å². The molecule has 0 aliphatic heterocycles. The number of allylic oxidation sites excluding steroid dienone is 4. The molecule has 0 bridgehead atoms. The highest BCUT2D eigenvalue weighted by Gasteiger charge is 2.34. The summed E-state index contributed by atoms with van der Waals surface area (Å²) in [5, 5.41) is 62.3. The summed E-state index contributed by atoms with van der Waals surface area (Å²) in [5.41, 5.74) is 7.91. The number of rotatable bonds is 4. The van der Waals surface area contributed by atoms with Crippen LogP contribution >= 0.6 is 0 Å². The Hall–Kier alpha value is -6.98. The van der Waals surface area contributed by atoms with Crippen molar-refractivity contribution in [3.05, 3.63) is 173 Å². The molecule has 5 N–H and O–H groups in total. The van der Waals surface area contributed by atoms with Gasteiger partial charge < -0.3 is 25.5 Å². The molecule has 0 amide bonds. The van der Waals surface area contributed by atoms with Crippen molar-refractivity contribution in [2.24, 2.45) is 5.92 Å². The summed E-state index contributed by atoms with van der Waals surface area (Å²) in [6.07, 6.45) is 6.63. The quantitative estimate of drug-likeness (QED) is 0.0721. The fraction of sp³-hybridized carbons (Fsp3) is 0.0417. The second-order valence-electron chi connectivity index (χ2n) is 13.9. The molecule has 2 aliphatic rings. The van der Waals surface area contributed by atoms with E-state index in [4.69, 9.17) is 0 Å². The minimum absolute atomic E-state index is 0.128. The summed E-state index contributed by atoms with van der Waals surface area (Å²) in [7, 11) is 0. The van der Waals surface area contributed by atoms with Gasteiger partial charge in [0.05, 0.1) is 5.56 Å². The second-order valence-corrected chi connectivity index (χ2v) is 13.9. The number of aromatic hydroxyl groups is 5. The van der Waals surface area contributed by atoms with Gasteiger partial charge in [0, 0.05) is 11.5 Å². The predicted octanol–water partition coefficient (Wildman–Crippen LogP) is 9.36. The number of benzene rings is 8. The van der Waals surface area contributed by atoms with Crippen molar-refractivity contribution in [2.45, 2.75) is 6.42 Å².